The molecule has 0 aromatic heterocycles. The molecule has 0 aromatic carbocycles. The van der Waals surface area contributed by atoms with E-state index in [1.807, 2.05) is 0 Å². The minimum atomic E-state index is 0.301. The minimum absolute atomic E-state index is 0.301. The Balaban J connectivity index is 2.14. The Bertz CT molecular complexity index is 256. The molecule has 2 aliphatic carbocycles. The summed E-state index contributed by atoms with van der Waals surface area (Å²) >= 11 is 0. The molecule has 2 N–H and O–H groups in total. The van der Waals surface area contributed by atoms with Gasteiger partial charge in [-0.15, -0.1) is 0 Å². The second kappa shape index (κ2) is 5.92. The van der Waals surface area contributed by atoms with Crippen LogP contribution in [0.2, 0.25) is 0 Å². The molecule has 2 nitrogen and oxygen atoms in total. The molecule has 2 fully saturated rings. The first-order valence-corrected chi connectivity index (χ1v) is 8.05. The summed E-state index contributed by atoms with van der Waals surface area (Å²) in [5.74, 6) is 1.65. The number of likely N-dealkylation sites (N-methyl/N-ethyl adjacent to an activating group) is 1. The van der Waals surface area contributed by atoms with Crippen LogP contribution in [0.5, 0.6) is 0 Å². The van der Waals surface area contributed by atoms with E-state index in [9.17, 15) is 0 Å². The number of nitrogens with zero attached hydrogens (tertiary/aromatic N) is 1. The van der Waals surface area contributed by atoms with Crippen LogP contribution in [0.15, 0.2) is 0 Å². The summed E-state index contributed by atoms with van der Waals surface area (Å²) in [7, 11) is 4.49. The first-order valence-electron chi connectivity index (χ1n) is 8.05. The van der Waals surface area contributed by atoms with Gasteiger partial charge in [0.15, 0.2) is 0 Å². The van der Waals surface area contributed by atoms with Crippen molar-refractivity contribution in [1.29, 1.82) is 0 Å². The first-order chi connectivity index (χ1) is 8.62. The predicted molar refractivity (Wildman–Crippen MR) is 78.6 cm³/mol. The summed E-state index contributed by atoms with van der Waals surface area (Å²) < 4.78 is 0. The van der Waals surface area contributed by atoms with E-state index in [1.165, 1.54) is 57.8 Å². The fourth-order valence-corrected chi connectivity index (χ4v) is 4.68. The maximum absolute atomic E-state index is 6.81. The van der Waals surface area contributed by atoms with Crippen molar-refractivity contribution in [2.75, 3.05) is 14.1 Å². The highest BCUT2D eigenvalue weighted by molar-refractivity contribution is 5.04. The lowest BCUT2D eigenvalue weighted by molar-refractivity contribution is 0.0575. The largest absolute Gasteiger partial charge is 0.326 e. The first kappa shape index (κ1) is 14.3. The second-order valence-electron chi connectivity index (χ2n) is 6.85. The van der Waals surface area contributed by atoms with Crippen LogP contribution in [-0.4, -0.2) is 30.6 Å². The van der Waals surface area contributed by atoms with Crippen LogP contribution in [-0.2, 0) is 0 Å². The summed E-state index contributed by atoms with van der Waals surface area (Å²) in [4.78, 5) is 2.45. The second-order valence-corrected chi connectivity index (χ2v) is 6.85. The highest BCUT2D eigenvalue weighted by Gasteiger charge is 2.46. The summed E-state index contributed by atoms with van der Waals surface area (Å²) in [5, 5.41) is 0. The Morgan fingerprint density at radius 2 is 1.72 bits per heavy atom. The van der Waals surface area contributed by atoms with Crippen molar-refractivity contribution in [3.63, 3.8) is 0 Å². The van der Waals surface area contributed by atoms with Crippen molar-refractivity contribution < 1.29 is 0 Å². The lowest BCUT2D eigenvalue weighted by Crippen LogP contribution is -2.60. The normalized spacial score (nSPS) is 33.8. The Hall–Kier alpha value is -0.0800. The third-order valence-corrected chi connectivity index (χ3v) is 5.93. The van der Waals surface area contributed by atoms with Crippen molar-refractivity contribution in [1.82, 2.24) is 4.90 Å². The molecule has 2 aliphatic rings. The molecule has 3 atom stereocenters. The van der Waals surface area contributed by atoms with E-state index < -0.39 is 0 Å². The highest BCUT2D eigenvalue weighted by atomic mass is 15.2. The number of hydrogen-bond acceptors (Lipinski definition) is 2. The van der Waals surface area contributed by atoms with Gasteiger partial charge in [0.25, 0.3) is 0 Å². The molecule has 0 saturated heterocycles. The maximum Gasteiger partial charge on any atom is 0.0357 e. The van der Waals surface area contributed by atoms with Gasteiger partial charge in [0, 0.05) is 11.6 Å². The van der Waals surface area contributed by atoms with E-state index in [0.29, 0.717) is 11.6 Å². The molecule has 0 amide bonds. The van der Waals surface area contributed by atoms with Crippen molar-refractivity contribution >= 4 is 0 Å². The van der Waals surface area contributed by atoms with Gasteiger partial charge in [-0.25, -0.2) is 0 Å². The monoisotopic (exact) mass is 252 g/mol. The molecule has 2 heteroatoms. The molecular formula is C16H32N2. The lowest BCUT2D eigenvalue weighted by atomic mass is 9.68. The van der Waals surface area contributed by atoms with Gasteiger partial charge in [0.2, 0.25) is 0 Å². The molecule has 0 aliphatic heterocycles. The zero-order valence-electron chi connectivity index (χ0n) is 12.6. The molecule has 0 bridgehead atoms. The minimum Gasteiger partial charge on any atom is -0.326 e. The number of rotatable bonds is 4. The molecule has 106 valence electrons. The molecule has 0 aromatic rings. The Labute approximate surface area is 113 Å². The predicted octanol–water partition coefficient (Wildman–Crippen LogP) is 3.40. The fourth-order valence-electron chi connectivity index (χ4n) is 4.68. The van der Waals surface area contributed by atoms with Crippen LogP contribution in [0.4, 0.5) is 0 Å². The van der Waals surface area contributed by atoms with E-state index in [-0.39, 0.29) is 0 Å². The van der Waals surface area contributed by atoms with Crippen molar-refractivity contribution in [2.24, 2.45) is 17.6 Å². The quantitative estimate of drug-likeness (QED) is 0.831. The SMILES string of the molecule is CCC1CCCCC1C(N)C1(N(C)C)CCCC1. The Morgan fingerprint density at radius 3 is 2.28 bits per heavy atom. The molecule has 18 heavy (non-hydrogen) atoms. The smallest absolute Gasteiger partial charge is 0.0357 e. The van der Waals surface area contributed by atoms with E-state index >= 15 is 0 Å². The zero-order valence-corrected chi connectivity index (χ0v) is 12.6. The topological polar surface area (TPSA) is 29.3 Å². The fraction of sp³-hybridized carbons (Fsp3) is 1.00. The molecule has 2 rings (SSSR count). The van der Waals surface area contributed by atoms with Crippen LogP contribution < -0.4 is 5.73 Å². The van der Waals surface area contributed by atoms with Gasteiger partial charge in [0.1, 0.15) is 0 Å². The van der Waals surface area contributed by atoms with Crippen LogP contribution in [0.3, 0.4) is 0 Å². The van der Waals surface area contributed by atoms with E-state index in [1.54, 1.807) is 0 Å². The standard InChI is InChI=1S/C16H32N2/c1-4-13-9-5-6-10-14(13)15(17)16(18(2)3)11-7-8-12-16/h13-15H,4-12,17H2,1-3H3. The van der Waals surface area contributed by atoms with Gasteiger partial charge in [0.05, 0.1) is 0 Å². The van der Waals surface area contributed by atoms with Gasteiger partial charge in [-0.2, -0.15) is 0 Å². The van der Waals surface area contributed by atoms with Crippen LogP contribution in [0.1, 0.15) is 64.7 Å². The lowest BCUT2D eigenvalue weighted by Gasteiger charge is -2.48. The third-order valence-electron chi connectivity index (χ3n) is 5.93. The average molecular weight is 252 g/mol. The maximum atomic E-state index is 6.81. The van der Waals surface area contributed by atoms with E-state index in [4.69, 9.17) is 5.73 Å². The van der Waals surface area contributed by atoms with Crippen LogP contribution >= 0.6 is 0 Å². The van der Waals surface area contributed by atoms with Gasteiger partial charge < -0.3 is 10.6 Å². The van der Waals surface area contributed by atoms with E-state index in [0.717, 1.165) is 11.8 Å². The number of hydrogen-bond donors (Lipinski definition) is 1. The Morgan fingerprint density at radius 1 is 1.11 bits per heavy atom. The van der Waals surface area contributed by atoms with E-state index in [2.05, 4.69) is 25.9 Å². The van der Waals surface area contributed by atoms with Crippen molar-refractivity contribution in [3.05, 3.63) is 0 Å². The molecule has 3 unspecified atom stereocenters. The summed E-state index contributed by atoms with van der Waals surface area (Å²) in [6.07, 6.45) is 12.3. The zero-order chi connectivity index (χ0) is 13.2. The molecule has 0 heterocycles. The molecular weight excluding hydrogens is 220 g/mol. The molecule has 0 spiro atoms. The van der Waals surface area contributed by atoms with Gasteiger partial charge in [-0.05, 0) is 45.2 Å². The highest BCUT2D eigenvalue weighted by Crippen LogP contribution is 2.44. The number of nitrogens with two attached hydrogens (primary N) is 1. The summed E-state index contributed by atoms with van der Waals surface area (Å²) in [6.45, 7) is 2.35. The summed E-state index contributed by atoms with van der Waals surface area (Å²) in [5.41, 5.74) is 7.11. The summed E-state index contributed by atoms with van der Waals surface area (Å²) in [6, 6.07) is 0.389. The molecule has 0 radical (unpaired) electrons. The van der Waals surface area contributed by atoms with Gasteiger partial charge in [-0.3, -0.25) is 0 Å². The Kier molecular flexibility index (Phi) is 4.71. The third kappa shape index (κ3) is 2.46. The van der Waals surface area contributed by atoms with Crippen LogP contribution in [0, 0.1) is 11.8 Å². The van der Waals surface area contributed by atoms with Crippen molar-refractivity contribution in [2.45, 2.75) is 76.3 Å². The average Bonchev–Trinajstić information content (AvgIpc) is 2.88. The van der Waals surface area contributed by atoms with Gasteiger partial charge >= 0.3 is 0 Å². The van der Waals surface area contributed by atoms with Crippen LogP contribution in [0.25, 0.3) is 0 Å². The van der Waals surface area contributed by atoms with Gasteiger partial charge in [-0.1, -0.05) is 45.4 Å². The molecule has 2 saturated carbocycles. The van der Waals surface area contributed by atoms with Crippen molar-refractivity contribution in [3.8, 4) is 0 Å².